The maximum absolute atomic E-state index is 5.95. The molecule has 0 radical (unpaired) electrons. The van der Waals surface area contributed by atoms with Crippen LogP contribution < -0.4 is 10.5 Å². The lowest BCUT2D eigenvalue weighted by Gasteiger charge is -2.08. The second-order valence-corrected chi connectivity index (χ2v) is 3.59. The van der Waals surface area contributed by atoms with E-state index in [4.69, 9.17) is 26.8 Å². The summed E-state index contributed by atoms with van der Waals surface area (Å²) in [6, 6.07) is 5.68. The minimum atomic E-state index is 0.489. The molecule has 1 rings (SSSR count). The summed E-state index contributed by atoms with van der Waals surface area (Å²) in [5.74, 6) is 0.702. The number of hydrogen-bond donors (Lipinski definition) is 1. The van der Waals surface area contributed by atoms with Gasteiger partial charge in [-0.3, -0.25) is 0 Å². The Bertz CT molecular complexity index is 305. The molecule has 0 heterocycles. The molecular formula is C11H16ClNO2. The molecule has 0 aromatic heterocycles. The Morgan fingerprint density at radius 2 is 2.07 bits per heavy atom. The van der Waals surface area contributed by atoms with Crippen LogP contribution in [-0.4, -0.2) is 26.4 Å². The molecule has 0 aliphatic heterocycles. The Morgan fingerprint density at radius 3 is 2.80 bits per heavy atom. The zero-order valence-corrected chi connectivity index (χ0v) is 9.59. The lowest BCUT2D eigenvalue weighted by atomic mass is 10.2. The van der Waals surface area contributed by atoms with E-state index in [0.29, 0.717) is 37.1 Å². The van der Waals surface area contributed by atoms with E-state index in [1.54, 1.807) is 0 Å². The highest BCUT2D eigenvalue weighted by atomic mass is 35.5. The second-order valence-electron chi connectivity index (χ2n) is 3.18. The quantitative estimate of drug-likeness (QED) is 0.759. The zero-order valence-electron chi connectivity index (χ0n) is 8.83. The van der Waals surface area contributed by atoms with Gasteiger partial charge in [-0.15, -0.1) is 0 Å². The van der Waals surface area contributed by atoms with E-state index in [-0.39, 0.29) is 0 Å². The lowest BCUT2D eigenvalue weighted by Crippen LogP contribution is -2.13. The van der Waals surface area contributed by atoms with Crippen molar-refractivity contribution in [1.82, 2.24) is 0 Å². The van der Waals surface area contributed by atoms with E-state index in [9.17, 15) is 0 Å². The van der Waals surface area contributed by atoms with E-state index in [1.165, 1.54) is 0 Å². The molecule has 4 heteroatoms. The summed E-state index contributed by atoms with van der Waals surface area (Å²) in [6.45, 7) is 4.11. The highest BCUT2D eigenvalue weighted by Gasteiger charge is 2.00. The third-order valence-corrected chi connectivity index (χ3v) is 2.15. The van der Waals surface area contributed by atoms with Crippen molar-refractivity contribution in [3.63, 3.8) is 0 Å². The summed E-state index contributed by atoms with van der Waals surface area (Å²) >= 11 is 5.95. The highest BCUT2D eigenvalue weighted by molar-refractivity contribution is 6.32. The van der Waals surface area contributed by atoms with Crippen molar-refractivity contribution < 1.29 is 9.47 Å². The molecule has 0 unspecified atom stereocenters. The average Bonchev–Trinajstić information content (AvgIpc) is 2.23. The third-order valence-electron chi connectivity index (χ3n) is 1.83. The van der Waals surface area contributed by atoms with Crippen LogP contribution in [0.4, 0.5) is 0 Å². The van der Waals surface area contributed by atoms with Gasteiger partial charge in [0.05, 0.1) is 18.2 Å². The van der Waals surface area contributed by atoms with Crippen LogP contribution in [0, 0.1) is 6.92 Å². The standard InChI is InChI=1S/C11H16ClNO2/c1-9-2-3-10(12)11(8-9)15-7-6-14-5-4-13/h2-3,8H,4-7,13H2,1H3. The number of aryl methyl sites for hydroxylation is 1. The Kier molecular flexibility index (Phi) is 5.47. The topological polar surface area (TPSA) is 44.5 Å². The Balaban J connectivity index is 2.33. The van der Waals surface area contributed by atoms with Gasteiger partial charge in [-0.1, -0.05) is 17.7 Å². The SMILES string of the molecule is Cc1ccc(Cl)c(OCCOCCN)c1. The summed E-state index contributed by atoms with van der Waals surface area (Å²) in [5, 5.41) is 0.624. The summed E-state index contributed by atoms with van der Waals surface area (Å²) in [7, 11) is 0. The van der Waals surface area contributed by atoms with Gasteiger partial charge in [0.2, 0.25) is 0 Å². The summed E-state index contributed by atoms with van der Waals surface area (Å²) in [4.78, 5) is 0. The van der Waals surface area contributed by atoms with Crippen molar-refractivity contribution in [1.29, 1.82) is 0 Å². The molecule has 0 bridgehead atoms. The van der Waals surface area contributed by atoms with E-state index in [2.05, 4.69) is 0 Å². The third kappa shape index (κ3) is 4.51. The summed E-state index contributed by atoms with van der Waals surface area (Å²) in [5.41, 5.74) is 6.40. The zero-order chi connectivity index (χ0) is 11.1. The Labute approximate surface area is 95.1 Å². The van der Waals surface area contributed by atoms with Crippen molar-refractivity contribution in [3.05, 3.63) is 28.8 Å². The van der Waals surface area contributed by atoms with E-state index >= 15 is 0 Å². The average molecular weight is 230 g/mol. The first-order valence-corrected chi connectivity index (χ1v) is 5.28. The summed E-state index contributed by atoms with van der Waals surface area (Å²) < 4.78 is 10.6. The molecule has 84 valence electrons. The predicted molar refractivity (Wildman–Crippen MR) is 61.6 cm³/mol. The monoisotopic (exact) mass is 229 g/mol. The molecule has 3 nitrogen and oxygen atoms in total. The molecule has 1 aromatic carbocycles. The first-order valence-electron chi connectivity index (χ1n) is 4.91. The Hall–Kier alpha value is -0.770. The van der Waals surface area contributed by atoms with Gasteiger partial charge in [-0.25, -0.2) is 0 Å². The van der Waals surface area contributed by atoms with Crippen molar-refractivity contribution in [2.75, 3.05) is 26.4 Å². The van der Waals surface area contributed by atoms with Crippen molar-refractivity contribution >= 4 is 11.6 Å². The number of benzene rings is 1. The smallest absolute Gasteiger partial charge is 0.138 e. The van der Waals surface area contributed by atoms with E-state index in [1.807, 2.05) is 25.1 Å². The Morgan fingerprint density at radius 1 is 1.27 bits per heavy atom. The van der Waals surface area contributed by atoms with Crippen LogP contribution in [0.25, 0.3) is 0 Å². The van der Waals surface area contributed by atoms with Crippen LogP contribution in [0.2, 0.25) is 5.02 Å². The second kappa shape index (κ2) is 6.67. The van der Waals surface area contributed by atoms with E-state index in [0.717, 1.165) is 5.56 Å². The van der Waals surface area contributed by atoms with Crippen LogP contribution in [0.15, 0.2) is 18.2 Å². The van der Waals surface area contributed by atoms with Crippen LogP contribution in [0.1, 0.15) is 5.56 Å². The van der Waals surface area contributed by atoms with Gasteiger partial charge < -0.3 is 15.2 Å². The van der Waals surface area contributed by atoms with Crippen molar-refractivity contribution in [2.24, 2.45) is 5.73 Å². The molecule has 0 amide bonds. The number of ether oxygens (including phenoxy) is 2. The maximum atomic E-state index is 5.95. The van der Waals surface area contributed by atoms with Gasteiger partial charge in [0.15, 0.2) is 0 Å². The minimum Gasteiger partial charge on any atom is -0.490 e. The van der Waals surface area contributed by atoms with E-state index < -0.39 is 0 Å². The minimum absolute atomic E-state index is 0.489. The van der Waals surface area contributed by atoms with Crippen molar-refractivity contribution in [3.8, 4) is 5.75 Å². The van der Waals surface area contributed by atoms with Crippen LogP contribution in [-0.2, 0) is 4.74 Å². The molecule has 0 spiro atoms. The molecule has 2 N–H and O–H groups in total. The lowest BCUT2D eigenvalue weighted by molar-refractivity contribution is 0.106. The number of hydrogen-bond acceptors (Lipinski definition) is 3. The molecular weight excluding hydrogens is 214 g/mol. The summed E-state index contributed by atoms with van der Waals surface area (Å²) in [6.07, 6.45) is 0. The number of nitrogens with two attached hydrogens (primary N) is 1. The highest BCUT2D eigenvalue weighted by Crippen LogP contribution is 2.24. The molecule has 0 saturated carbocycles. The van der Waals surface area contributed by atoms with Gasteiger partial charge in [0.1, 0.15) is 12.4 Å². The first kappa shape index (κ1) is 12.3. The van der Waals surface area contributed by atoms with Gasteiger partial charge in [-0.05, 0) is 24.6 Å². The largest absolute Gasteiger partial charge is 0.490 e. The fourth-order valence-electron chi connectivity index (χ4n) is 1.12. The van der Waals surface area contributed by atoms with Crippen LogP contribution in [0.5, 0.6) is 5.75 Å². The van der Waals surface area contributed by atoms with Crippen LogP contribution >= 0.6 is 11.6 Å². The molecule has 15 heavy (non-hydrogen) atoms. The molecule has 0 aliphatic carbocycles. The predicted octanol–water partition coefficient (Wildman–Crippen LogP) is 2.00. The number of rotatable bonds is 6. The first-order chi connectivity index (χ1) is 7.24. The molecule has 1 aromatic rings. The molecule has 0 fully saturated rings. The molecule has 0 atom stereocenters. The molecule has 0 aliphatic rings. The van der Waals surface area contributed by atoms with Gasteiger partial charge in [-0.2, -0.15) is 0 Å². The van der Waals surface area contributed by atoms with Crippen molar-refractivity contribution in [2.45, 2.75) is 6.92 Å². The fourth-order valence-corrected chi connectivity index (χ4v) is 1.29. The van der Waals surface area contributed by atoms with Crippen LogP contribution in [0.3, 0.4) is 0 Å². The number of halogens is 1. The van der Waals surface area contributed by atoms with Gasteiger partial charge >= 0.3 is 0 Å². The normalized spacial score (nSPS) is 10.3. The fraction of sp³-hybridized carbons (Fsp3) is 0.455. The van der Waals surface area contributed by atoms with Gasteiger partial charge in [0.25, 0.3) is 0 Å². The molecule has 0 saturated heterocycles. The van der Waals surface area contributed by atoms with Gasteiger partial charge in [0, 0.05) is 6.54 Å². The maximum Gasteiger partial charge on any atom is 0.138 e.